The lowest BCUT2D eigenvalue weighted by atomic mass is 10.1. The lowest BCUT2D eigenvalue weighted by molar-refractivity contribution is 0.0963. The van der Waals surface area contributed by atoms with Crippen LogP contribution in [0.3, 0.4) is 0 Å². The van der Waals surface area contributed by atoms with E-state index in [0.717, 1.165) is 5.56 Å². The van der Waals surface area contributed by atoms with E-state index in [9.17, 15) is 9.59 Å². The van der Waals surface area contributed by atoms with E-state index >= 15 is 0 Å². The van der Waals surface area contributed by atoms with E-state index in [-0.39, 0.29) is 18.0 Å². The molecule has 0 radical (unpaired) electrons. The molecule has 0 unspecified atom stereocenters. The smallest absolute Gasteiger partial charge is 0.319 e. The molecule has 1 aromatic rings. The molecule has 20 heavy (non-hydrogen) atoms. The second-order valence-electron chi connectivity index (χ2n) is 5.24. The maximum atomic E-state index is 11.9. The van der Waals surface area contributed by atoms with Crippen LogP contribution in [0, 0.1) is 12.8 Å². The van der Waals surface area contributed by atoms with Crippen molar-refractivity contribution < 1.29 is 9.59 Å². The molecule has 5 heteroatoms. The van der Waals surface area contributed by atoms with Crippen LogP contribution < -0.4 is 16.0 Å². The molecule has 110 valence electrons. The van der Waals surface area contributed by atoms with Crippen LogP contribution in [-0.4, -0.2) is 25.0 Å². The van der Waals surface area contributed by atoms with Crippen molar-refractivity contribution >= 4 is 17.6 Å². The van der Waals surface area contributed by atoms with Gasteiger partial charge in [-0.3, -0.25) is 4.79 Å². The van der Waals surface area contributed by atoms with Crippen LogP contribution in [0.15, 0.2) is 18.2 Å². The van der Waals surface area contributed by atoms with Gasteiger partial charge in [-0.25, -0.2) is 4.79 Å². The minimum absolute atomic E-state index is 0.0976. The molecule has 0 saturated carbocycles. The summed E-state index contributed by atoms with van der Waals surface area (Å²) in [5.74, 6) is 0.231. The van der Waals surface area contributed by atoms with Crippen molar-refractivity contribution in [1.29, 1.82) is 0 Å². The Morgan fingerprint density at radius 1 is 1.15 bits per heavy atom. The zero-order valence-electron chi connectivity index (χ0n) is 12.7. The molecule has 0 aliphatic carbocycles. The first-order chi connectivity index (χ1) is 9.35. The molecular formula is C15H23N3O2. The van der Waals surface area contributed by atoms with Gasteiger partial charge in [0.05, 0.1) is 0 Å². The van der Waals surface area contributed by atoms with Crippen LogP contribution in [-0.2, 0) is 0 Å². The Morgan fingerprint density at radius 2 is 1.80 bits per heavy atom. The van der Waals surface area contributed by atoms with Gasteiger partial charge < -0.3 is 16.0 Å². The van der Waals surface area contributed by atoms with E-state index in [4.69, 9.17) is 0 Å². The fourth-order valence-corrected chi connectivity index (χ4v) is 1.62. The van der Waals surface area contributed by atoms with Crippen LogP contribution >= 0.6 is 0 Å². The Kier molecular flexibility index (Phi) is 5.55. The number of urea groups is 1. The molecule has 1 rings (SSSR count). The van der Waals surface area contributed by atoms with Crippen molar-refractivity contribution in [3.8, 4) is 0 Å². The molecule has 0 aliphatic rings. The molecule has 0 heterocycles. The number of anilines is 1. The summed E-state index contributed by atoms with van der Waals surface area (Å²) < 4.78 is 0. The van der Waals surface area contributed by atoms with Crippen molar-refractivity contribution in [3.63, 3.8) is 0 Å². The minimum atomic E-state index is -0.234. The lowest BCUT2D eigenvalue weighted by Gasteiger charge is -2.18. The number of aryl methyl sites for hydroxylation is 1. The highest BCUT2D eigenvalue weighted by molar-refractivity contribution is 5.96. The van der Waals surface area contributed by atoms with Crippen LogP contribution in [0.5, 0.6) is 0 Å². The Labute approximate surface area is 120 Å². The van der Waals surface area contributed by atoms with Gasteiger partial charge in [0, 0.05) is 24.3 Å². The van der Waals surface area contributed by atoms with Gasteiger partial charge >= 0.3 is 6.03 Å². The molecule has 0 aromatic heterocycles. The van der Waals surface area contributed by atoms with Crippen molar-refractivity contribution in [2.45, 2.75) is 33.7 Å². The first-order valence-electron chi connectivity index (χ1n) is 6.75. The predicted octanol–water partition coefficient (Wildman–Crippen LogP) is 2.52. The highest BCUT2D eigenvalue weighted by atomic mass is 16.2. The molecule has 5 nitrogen and oxygen atoms in total. The molecule has 0 bridgehead atoms. The maximum Gasteiger partial charge on any atom is 0.319 e. The molecule has 0 spiro atoms. The van der Waals surface area contributed by atoms with E-state index in [2.05, 4.69) is 16.0 Å². The second-order valence-corrected chi connectivity index (χ2v) is 5.24. The quantitative estimate of drug-likeness (QED) is 0.791. The summed E-state index contributed by atoms with van der Waals surface area (Å²) in [6.45, 7) is 7.92. The number of hydrogen-bond donors (Lipinski definition) is 3. The zero-order valence-corrected chi connectivity index (χ0v) is 12.7. The highest BCUT2D eigenvalue weighted by Crippen LogP contribution is 2.16. The fourth-order valence-electron chi connectivity index (χ4n) is 1.62. The number of rotatable bonds is 4. The number of carbonyl (C=O) groups excluding carboxylic acids is 2. The Balaban J connectivity index is 2.74. The highest BCUT2D eigenvalue weighted by Gasteiger charge is 2.12. The van der Waals surface area contributed by atoms with Crippen molar-refractivity contribution in [3.05, 3.63) is 29.3 Å². The van der Waals surface area contributed by atoms with Crippen LogP contribution in [0.2, 0.25) is 0 Å². The molecule has 0 saturated heterocycles. The van der Waals surface area contributed by atoms with E-state index in [1.807, 2.05) is 27.7 Å². The summed E-state index contributed by atoms with van der Waals surface area (Å²) in [5.41, 5.74) is 2.12. The Hall–Kier alpha value is -2.04. The molecular weight excluding hydrogens is 254 g/mol. The summed E-state index contributed by atoms with van der Waals surface area (Å²) in [4.78, 5) is 23.4. The predicted molar refractivity (Wildman–Crippen MR) is 81.0 cm³/mol. The number of hydrogen-bond acceptors (Lipinski definition) is 2. The van der Waals surface area contributed by atoms with Gasteiger partial charge in [-0.15, -0.1) is 0 Å². The summed E-state index contributed by atoms with van der Waals surface area (Å²) in [5, 5.41) is 8.24. The lowest BCUT2D eigenvalue weighted by Crippen LogP contribution is -2.39. The SMILES string of the molecule is CNC(=O)c1ccc(NC(=O)N[C@@H](C)C(C)C)c(C)c1. The van der Waals surface area contributed by atoms with E-state index < -0.39 is 0 Å². The standard InChI is InChI=1S/C15H23N3O2/c1-9(2)11(4)17-15(20)18-13-7-6-12(8-10(13)3)14(19)16-5/h6-9,11H,1-5H3,(H,16,19)(H2,17,18,20)/t11-/m0/s1. The fraction of sp³-hybridized carbons (Fsp3) is 0.467. The largest absolute Gasteiger partial charge is 0.355 e. The monoisotopic (exact) mass is 277 g/mol. The van der Waals surface area contributed by atoms with Crippen LogP contribution in [0.4, 0.5) is 10.5 Å². The van der Waals surface area contributed by atoms with E-state index in [0.29, 0.717) is 17.2 Å². The number of carbonyl (C=O) groups is 2. The van der Waals surface area contributed by atoms with Crippen LogP contribution in [0.1, 0.15) is 36.7 Å². The second kappa shape index (κ2) is 6.93. The summed E-state index contributed by atoms with van der Waals surface area (Å²) >= 11 is 0. The molecule has 1 atom stereocenters. The molecule has 3 N–H and O–H groups in total. The normalized spacial score (nSPS) is 11.9. The first kappa shape index (κ1) is 16.0. The van der Waals surface area contributed by atoms with Crippen LogP contribution in [0.25, 0.3) is 0 Å². The average molecular weight is 277 g/mol. The maximum absolute atomic E-state index is 11.9. The number of benzene rings is 1. The van der Waals surface area contributed by atoms with E-state index in [1.165, 1.54) is 0 Å². The summed E-state index contributed by atoms with van der Waals surface area (Å²) in [6, 6.07) is 5.04. The van der Waals surface area contributed by atoms with Gasteiger partial charge in [-0.1, -0.05) is 13.8 Å². The number of nitrogens with one attached hydrogen (secondary N) is 3. The summed E-state index contributed by atoms with van der Waals surface area (Å²) in [6.07, 6.45) is 0. The summed E-state index contributed by atoms with van der Waals surface area (Å²) in [7, 11) is 1.59. The Bertz CT molecular complexity index is 498. The Morgan fingerprint density at radius 3 is 2.30 bits per heavy atom. The van der Waals surface area contributed by atoms with E-state index in [1.54, 1.807) is 25.2 Å². The third-order valence-electron chi connectivity index (χ3n) is 3.32. The topological polar surface area (TPSA) is 70.2 Å². The van der Waals surface area contributed by atoms with Crippen molar-refractivity contribution in [2.75, 3.05) is 12.4 Å². The zero-order chi connectivity index (χ0) is 15.3. The molecule has 3 amide bonds. The first-order valence-corrected chi connectivity index (χ1v) is 6.75. The molecule has 0 aliphatic heterocycles. The van der Waals surface area contributed by atoms with Gasteiger partial charge in [0.25, 0.3) is 5.91 Å². The number of amides is 3. The van der Waals surface area contributed by atoms with Gasteiger partial charge in [0.2, 0.25) is 0 Å². The molecule has 1 aromatic carbocycles. The van der Waals surface area contributed by atoms with Gasteiger partial charge in [0.1, 0.15) is 0 Å². The van der Waals surface area contributed by atoms with Gasteiger partial charge in [-0.05, 0) is 43.5 Å². The average Bonchev–Trinajstić information content (AvgIpc) is 2.39. The third kappa shape index (κ3) is 4.26. The van der Waals surface area contributed by atoms with Gasteiger partial charge in [0.15, 0.2) is 0 Å². The minimum Gasteiger partial charge on any atom is -0.355 e. The third-order valence-corrected chi connectivity index (χ3v) is 3.32. The molecule has 0 fully saturated rings. The van der Waals surface area contributed by atoms with Crippen molar-refractivity contribution in [1.82, 2.24) is 10.6 Å². The van der Waals surface area contributed by atoms with Crippen molar-refractivity contribution in [2.24, 2.45) is 5.92 Å². The van der Waals surface area contributed by atoms with Gasteiger partial charge in [-0.2, -0.15) is 0 Å².